The van der Waals surface area contributed by atoms with Crippen LogP contribution in [-0.2, 0) is 9.59 Å². The Morgan fingerprint density at radius 1 is 1.46 bits per heavy atom. The Morgan fingerprint density at radius 3 is 2.38 bits per heavy atom. The molecule has 0 radical (unpaired) electrons. The van der Waals surface area contributed by atoms with Gasteiger partial charge in [0, 0.05) is 4.91 Å². The molecule has 0 saturated carbocycles. The Labute approximate surface area is 75.9 Å². The Bertz CT molecular complexity index is 257. The third-order valence-electron chi connectivity index (χ3n) is 1.57. The van der Waals surface area contributed by atoms with Gasteiger partial charge in [0.15, 0.2) is 5.78 Å². The lowest BCUT2D eigenvalue weighted by molar-refractivity contribution is -0.127. The van der Waals surface area contributed by atoms with E-state index < -0.39 is 18.0 Å². The Balaban J connectivity index is 4.14. The molecule has 0 saturated heterocycles. The molecule has 0 aliphatic heterocycles. The molecule has 1 N–H and O–H groups in total. The summed E-state index contributed by atoms with van der Waals surface area (Å²) in [7, 11) is 0. The molecule has 0 fully saturated rings. The monoisotopic (exact) mass is 184 g/mol. The number of nitrogens with zero attached hydrogens (tertiary/aromatic N) is 3. The number of hydrogen-bond acceptors (Lipinski definition) is 3. The number of carbonyl (C=O) groups is 2. The summed E-state index contributed by atoms with van der Waals surface area (Å²) in [6.07, 6.45) is 0. The van der Waals surface area contributed by atoms with Crippen molar-refractivity contribution in [3.8, 4) is 0 Å². The van der Waals surface area contributed by atoms with Gasteiger partial charge < -0.3 is 5.32 Å². The zero-order chi connectivity index (χ0) is 10.4. The molecule has 0 aliphatic carbocycles. The van der Waals surface area contributed by atoms with Crippen LogP contribution in [0.5, 0.6) is 0 Å². The fourth-order valence-corrected chi connectivity index (χ4v) is 0.566. The molecule has 0 aromatic heterocycles. The lowest BCUT2D eigenvalue weighted by atomic mass is 10.2. The molecule has 0 bridgehead atoms. The van der Waals surface area contributed by atoms with Crippen LogP contribution in [0.2, 0.25) is 0 Å². The van der Waals surface area contributed by atoms with Crippen molar-refractivity contribution in [2.24, 2.45) is 5.11 Å². The Morgan fingerprint density at radius 2 is 2.00 bits per heavy atom. The molecule has 6 heteroatoms. The molecule has 0 aliphatic rings. The highest BCUT2D eigenvalue weighted by Crippen LogP contribution is 1.92. The highest BCUT2D eigenvalue weighted by molar-refractivity contribution is 5.89. The second kappa shape index (κ2) is 5.16. The number of carbonyl (C=O) groups excluding carboxylic acids is 2. The lowest BCUT2D eigenvalue weighted by Crippen LogP contribution is -2.41. The van der Waals surface area contributed by atoms with E-state index in [1.54, 1.807) is 6.92 Å². The number of azide groups is 1. The van der Waals surface area contributed by atoms with Crippen LogP contribution in [0, 0.1) is 0 Å². The van der Waals surface area contributed by atoms with Crippen molar-refractivity contribution in [3.05, 3.63) is 10.4 Å². The van der Waals surface area contributed by atoms with Gasteiger partial charge in [-0.05, 0) is 26.3 Å². The topological polar surface area (TPSA) is 94.9 Å². The number of amides is 1. The number of Topliss-reactive ketones (excluding diaryl/α,β-unsaturated/α-hetero) is 1. The second-order valence-corrected chi connectivity index (χ2v) is 2.72. The van der Waals surface area contributed by atoms with E-state index in [9.17, 15) is 9.59 Å². The molecule has 0 rings (SSSR count). The molecule has 72 valence electrons. The molecular formula is C7H12N4O2. The second-order valence-electron chi connectivity index (χ2n) is 2.72. The first kappa shape index (κ1) is 11.4. The van der Waals surface area contributed by atoms with E-state index in [0.29, 0.717) is 0 Å². The van der Waals surface area contributed by atoms with Crippen LogP contribution in [0.4, 0.5) is 0 Å². The molecule has 0 aromatic rings. The summed E-state index contributed by atoms with van der Waals surface area (Å²) >= 11 is 0. The third-order valence-corrected chi connectivity index (χ3v) is 1.57. The summed E-state index contributed by atoms with van der Waals surface area (Å²) in [5.74, 6) is -0.581. The zero-order valence-electron chi connectivity index (χ0n) is 7.81. The van der Waals surface area contributed by atoms with Gasteiger partial charge in [0.2, 0.25) is 5.91 Å². The molecular weight excluding hydrogens is 172 g/mol. The predicted molar refractivity (Wildman–Crippen MR) is 46.9 cm³/mol. The molecule has 0 spiro atoms. The van der Waals surface area contributed by atoms with Gasteiger partial charge in [-0.1, -0.05) is 5.11 Å². The van der Waals surface area contributed by atoms with Crippen molar-refractivity contribution in [1.29, 1.82) is 0 Å². The van der Waals surface area contributed by atoms with Crippen molar-refractivity contribution in [2.45, 2.75) is 32.9 Å². The molecule has 13 heavy (non-hydrogen) atoms. The Kier molecular flexibility index (Phi) is 4.54. The minimum atomic E-state index is -0.785. The van der Waals surface area contributed by atoms with Crippen molar-refractivity contribution in [3.63, 3.8) is 0 Å². The van der Waals surface area contributed by atoms with Crippen LogP contribution in [0.25, 0.3) is 10.4 Å². The van der Waals surface area contributed by atoms with Gasteiger partial charge in [0.05, 0.1) is 6.04 Å². The van der Waals surface area contributed by atoms with Gasteiger partial charge in [-0.25, -0.2) is 0 Å². The van der Waals surface area contributed by atoms with Crippen LogP contribution < -0.4 is 5.32 Å². The third kappa shape index (κ3) is 4.12. The van der Waals surface area contributed by atoms with Gasteiger partial charge in [-0.15, -0.1) is 0 Å². The van der Waals surface area contributed by atoms with Crippen LogP contribution in [0.15, 0.2) is 5.11 Å². The summed E-state index contributed by atoms with van der Waals surface area (Å²) < 4.78 is 0. The normalized spacial score (nSPS) is 13.8. The minimum absolute atomic E-state index is 0.138. The first-order valence-corrected chi connectivity index (χ1v) is 3.84. The van der Waals surface area contributed by atoms with Crippen LogP contribution in [-0.4, -0.2) is 23.8 Å². The van der Waals surface area contributed by atoms with Crippen molar-refractivity contribution in [1.82, 2.24) is 5.32 Å². The maximum Gasteiger partial charge on any atom is 0.229 e. The summed E-state index contributed by atoms with van der Waals surface area (Å²) in [4.78, 5) is 24.3. The average molecular weight is 184 g/mol. The minimum Gasteiger partial charge on any atom is -0.346 e. The fourth-order valence-electron chi connectivity index (χ4n) is 0.566. The lowest BCUT2D eigenvalue weighted by Gasteiger charge is -2.11. The van der Waals surface area contributed by atoms with Gasteiger partial charge in [0.1, 0.15) is 6.04 Å². The highest BCUT2D eigenvalue weighted by atomic mass is 16.2. The van der Waals surface area contributed by atoms with Gasteiger partial charge in [-0.3, -0.25) is 9.59 Å². The van der Waals surface area contributed by atoms with E-state index in [-0.39, 0.29) is 5.78 Å². The highest BCUT2D eigenvalue weighted by Gasteiger charge is 2.15. The van der Waals surface area contributed by atoms with E-state index in [1.165, 1.54) is 13.8 Å². The Hall–Kier alpha value is -1.55. The number of rotatable bonds is 4. The molecule has 1 amide bonds. The zero-order valence-corrected chi connectivity index (χ0v) is 7.81. The van der Waals surface area contributed by atoms with Gasteiger partial charge in [-0.2, -0.15) is 0 Å². The van der Waals surface area contributed by atoms with E-state index in [1.807, 2.05) is 0 Å². The molecule has 2 atom stereocenters. The summed E-state index contributed by atoms with van der Waals surface area (Å²) in [6.45, 7) is 4.41. The number of ketones is 1. The first-order chi connectivity index (χ1) is 5.99. The van der Waals surface area contributed by atoms with E-state index in [0.717, 1.165) is 0 Å². The van der Waals surface area contributed by atoms with E-state index >= 15 is 0 Å². The maximum atomic E-state index is 11.1. The quantitative estimate of drug-likeness (QED) is 0.397. The van der Waals surface area contributed by atoms with Gasteiger partial charge in [0.25, 0.3) is 0 Å². The van der Waals surface area contributed by atoms with Crippen molar-refractivity contribution in [2.75, 3.05) is 0 Å². The van der Waals surface area contributed by atoms with E-state index in [2.05, 4.69) is 15.3 Å². The summed E-state index contributed by atoms with van der Waals surface area (Å²) in [6, 6.07) is -1.32. The predicted octanol–water partition coefficient (Wildman–Crippen LogP) is 0.779. The average Bonchev–Trinajstić information content (AvgIpc) is 2.04. The summed E-state index contributed by atoms with van der Waals surface area (Å²) in [5.41, 5.74) is 8.04. The standard InChI is InChI=1S/C7H12N4O2/c1-4(6(3)12)9-7(13)5(2)10-11-8/h4-5H,1-3H3,(H,9,13). The summed E-state index contributed by atoms with van der Waals surface area (Å²) in [5, 5.41) is 5.60. The molecule has 0 heterocycles. The van der Waals surface area contributed by atoms with Crippen LogP contribution >= 0.6 is 0 Å². The molecule has 6 nitrogen and oxygen atoms in total. The SMILES string of the molecule is CC(=O)C(C)NC(=O)C(C)N=[N+]=[N-]. The van der Waals surface area contributed by atoms with Crippen LogP contribution in [0.1, 0.15) is 20.8 Å². The fraction of sp³-hybridized carbons (Fsp3) is 0.714. The number of nitrogens with one attached hydrogen (secondary N) is 1. The van der Waals surface area contributed by atoms with E-state index in [4.69, 9.17) is 5.53 Å². The molecule has 2 unspecified atom stereocenters. The smallest absolute Gasteiger partial charge is 0.229 e. The van der Waals surface area contributed by atoms with Crippen molar-refractivity contribution >= 4 is 11.7 Å². The number of hydrogen-bond donors (Lipinski definition) is 1. The van der Waals surface area contributed by atoms with Crippen LogP contribution in [0.3, 0.4) is 0 Å². The van der Waals surface area contributed by atoms with Crippen molar-refractivity contribution < 1.29 is 9.59 Å². The first-order valence-electron chi connectivity index (χ1n) is 3.84. The largest absolute Gasteiger partial charge is 0.346 e. The maximum absolute atomic E-state index is 11.1. The molecule has 0 aromatic carbocycles. The van der Waals surface area contributed by atoms with Gasteiger partial charge >= 0.3 is 0 Å².